The van der Waals surface area contributed by atoms with E-state index >= 15 is 0 Å². The van der Waals surface area contributed by atoms with Gasteiger partial charge in [-0.05, 0) is 70.8 Å². The van der Waals surface area contributed by atoms with Gasteiger partial charge in [-0.1, -0.05) is 103 Å². The minimum atomic E-state index is 1.17. The Labute approximate surface area is 273 Å². The lowest BCUT2D eigenvalue weighted by atomic mass is 10.00. The normalized spacial score (nSPS) is 12.3. The largest absolute Gasteiger partial charge is 0.309 e. The lowest BCUT2D eigenvalue weighted by Crippen LogP contribution is -1.97. The molecule has 47 heavy (non-hydrogen) atoms. The maximum atomic E-state index is 2.50. The second-order valence-electron chi connectivity index (χ2n) is 12.5. The van der Waals surface area contributed by atoms with Crippen molar-refractivity contribution in [1.82, 2.24) is 9.13 Å². The van der Waals surface area contributed by atoms with Crippen LogP contribution in [0.2, 0.25) is 0 Å². The van der Waals surface area contributed by atoms with Crippen LogP contribution in [-0.4, -0.2) is 9.13 Å². The summed E-state index contributed by atoms with van der Waals surface area (Å²) in [4.78, 5) is 0. The van der Waals surface area contributed by atoms with Crippen molar-refractivity contribution in [2.75, 3.05) is 0 Å². The van der Waals surface area contributed by atoms with Gasteiger partial charge in [-0.25, -0.2) is 0 Å². The van der Waals surface area contributed by atoms with E-state index in [0.29, 0.717) is 0 Å². The Morgan fingerprint density at radius 3 is 1.81 bits per heavy atom. The fraction of sp³-hybridized carbons (Fsp3) is 0. The van der Waals surface area contributed by atoms with Crippen molar-refractivity contribution in [2.45, 2.75) is 0 Å². The lowest BCUT2D eigenvalue weighted by molar-refractivity contribution is 1.17. The molecule has 11 aromatic rings. The van der Waals surface area contributed by atoms with Crippen LogP contribution in [0.15, 0.2) is 158 Å². The molecule has 0 aliphatic rings. The van der Waals surface area contributed by atoms with Gasteiger partial charge in [-0.15, -0.1) is 11.3 Å². The molecule has 0 fully saturated rings. The van der Waals surface area contributed by atoms with Crippen molar-refractivity contribution in [1.29, 1.82) is 0 Å². The topological polar surface area (TPSA) is 9.86 Å². The molecule has 0 radical (unpaired) electrons. The molecular weight excluding hydrogens is 589 g/mol. The van der Waals surface area contributed by atoms with Gasteiger partial charge in [-0.2, -0.15) is 0 Å². The summed E-state index contributed by atoms with van der Waals surface area (Å²) in [5.74, 6) is 0. The van der Waals surface area contributed by atoms with E-state index in [9.17, 15) is 0 Å². The van der Waals surface area contributed by atoms with E-state index in [-0.39, 0.29) is 0 Å². The second kappa shape index (κ2) is 9.32. The molecule has 0 spiro atoms. The number of aromatic nitrogens is 2. The average molecular weight is 615 g/mol. The van der Waals surface area contributed by atoms with Gasteiger partial charge in [0.2, 0.25) is 0 Å². The molecular formula is C44H26N2S. The number of nitrogens with zero attached hydrogens (tertiary/aromatic N) is 2. The highest BCUT2D eigenvalue weighted by atomic mass is 32.1. The molecule has 0 saturated carbocycles. The van der Waals surface area contributed by atoms with Gasteiger partial charge < -0.3 is 9.13 Å². The third-order valence-corrected chi connectivity index (χ3v) is 11.2. The molecule has 0 saturated heterocycles. The molecule has 0 atom stereocenters. The fourth-order valence-corrected chi connectivity index (χ4v) is 9.16. The molecule has 0 aliphatic heterocycles. The molecule has 0 bridgehead atoms. The van der Waals surface area contributed by atoms with Gasteiger partial charge in [0.1, 0.15) is 0 Å². The fourth-order valence-electron chi connectivity index (χ4n) is 8.03. The Bertz CT molecular complexity index is 3070. The third-order valence-electron chi connectivity index (χ3n) is 10.1. The van der Waals surface area contributed by atoms with Crippen LogP contribution in [0.5, 0.6) is 0 Å². The molecule has 3 aromatic heterocycles. The van der Waals surface area contributed by atoms with E-state index in [2.05, 4.69) is 167 Å². The molecule has 0 N–H and O–H groups in total. The molecule has 8 aromatic carbocycles. The van der Waals surface area contributed by atoms with E-state index in [1.807, 2.05) is 11.3 Å². The van der Waals surface area contributed by atoms with E-state index in [1.165, 1.54) is 96.7 Å². The number of hydrogen-bond acceptors (Lipinski definition) is 1. The summed E-state index contributed by atoms with van der Waals surface area (Å²) in [6, 6.07) is 58.2. The summed E-state index contributed by atoms with van der Waals surface area (Å²) in [5.41, 5.74) is 7.27. The standard InChI is InChI=1S/C44H26N2S/c1-2-13-28(14-3-1)45-40-24-37-33-19-9-11-21-43(33)47-44(37)25-36(40)35-23-34-32-18-8-10-20-38(32)46(42(34)26-41(35)45)39-22-27-12-4-5-15-29(27)30-16-6-7-17-31(30)39/h1-26H. The summed E-state index contributed by atoms with van der Waals surface area (Å²) in [5, 5.41) is 12.8. The summed E-state index contributed by atoms with van der Waals surface area (Å²) >= 11 is 1.89. The zero-order chi connectivity index (χ0) is 30.6. The Hall–Kier alpha value is -5.90. The van der Waals surface area contributed by atoms with Crippen LogP contribution in [0.4, 0.5) is 0 Å². The van der Waals surface area contributed by atoms with Gasteiger partial charge in [0.05, 0.1) is 27.8 Å². The predicted octanol–water partition coefficient (Wildman–Crippen LogP) is 12.6. The van der Waals surface area contributed by atoms with Crippen LogP contribution in [0.25, 0.3) is 96.7 Å². The van der Waals surface area contributed by atoms with E-state index < -0.39 is 0 Å². The highest BCUT2D eigenvalue weighted by molar-refractivity contribution is 7.25. The quantitative estimate of drug-likeness (QED) is 0.171. The van der Waals surface area contributed by atoms with Gasteiger partial charge >= 0.3 is 0 Å². The Kier molecular flexibility index (Phi) is 5.02. The number of fused-ring (bicyclic) bond motifs is 12. The number of para-hydroxylation sites is 2. The predicted molar refractivity (Wildman–Crippen MR) is 203 cm³/mol. The maximum absolute atomic E-state index is 2.50. The first-order valence-electron chi connectivity index (χ1n) is 16.1. The maximum Gasteiger partial charge on any atom is 0.0562 e. The number of hydrogen-bond donors (Lipinski definition) is 0. The summed E-state index contributed by atoms with van der Waals surface area (Å²) in [6.07, 6.45) is 0. The van der Waals surface area contributed by atoms with E-state index in [1.54, 1.807) is 0 Å². The van der Waals surface area contributed by atoms with Gasteiger partial charge in [0.25, 0.3) is 0 Å². The molecule has 11 rings (SSSR count). The molecule has 3 heteroatoms. The summed E-state index contributed by atoms with van der Waals surface area (Å²) in [7, 11) is 0. The molecule has 0 aliphatic carbocycles. The minimum Gasteiger partial charge on any atom is -0.309 e. The van der Waals surface area contributed by atoms with Crippen molar-refractivity contribution in [2.24, 2.45) is 0 Å². The lowest BCUT2D eigenvalue weighted by Gasteiger charge is -2.14. The molecule has 3 heterocycles. The summed E-state index contributed by atoms with van der Waals surface area (Å²) < 4.78 is 7.63. The van der Waals surface area contributed by atoms with Crippen LogP contribution < -0.4 is 0 Å². The highest BCUT2D eigenvalue weighted by Crippen LogP contribution is 2.44. The SMILES string of the molecule is c1ccc(-n2c3cc4c(cc3c3cc5c6ccccc6n(-c6cc7ccccc7c7ccccc67)c5cc32)sc2ccccc24)cc1. The van der Waals surface area contributed by atoms with Crippen LogP contribution >= 0.6 is 11.3 Å². The molecule has 0 unspecified atom stereocenters. The number of rotatable bonds is 2. The zero-order valence-electron chi connectivity index (χ0n) is 25.3. The van der Waals surface area contributed by atoms with Crippen LogP contribution in [0.1, 0.15) is 0 Å². The van der Waals surface area contributed by atoms with E-state index in [0.717, 1.165) is 0 Å². The van der Waals surface area contributed by atoms with Crippen molar-refractivity contribution < 1.29 is 0 Å². The third kappa shape index (κ3) is 3.44. The van der Waals surface area contributed by atoms with Crippen molar-refractivity contribution in [3.8, 4) is 11.4 Å². The first kappa shape index (κ1) is 25.3. The van der Waals surface area contributed by atoms with Crippen LogP contribution in [0.3, 0.4) is 0 Å². The van der Waals surface area contributed by atoms with Crippen molar-refractivity contribution in [3.05, 3.63) is 158 Å². The van der Waals surface area contributed by atoms with Gasteiger partial charge in [-0.3, -0.25) is 0 Å². The molecule has 0 amide bonds. The molecule has 2 nitrogen and oxygen atoms in total. The Morgan fingerprint density at radius 1 is 0.319 bits per heavy atom. The van der Waals surface area contributed by atoms with Crippen LogP contribution in [-0.2, 0) is 0 Å². The highest BCUT2D eigenvalue weighted by Gasteiger charge is 2.21. The van der Waals surface area contributed by atoms with Crippen molar-refractivity contribution in [3.63, 3.8) is 0 Å². The number of benzene rings is 8. The second-order valence-corrected chi connectivity index (χ2v) is 13.6. The first-order chi connectivity index (χ1) is 23.3. The van der Waals surface area contributed by atoms with Gasteiger partial charge in [0.15, 0.2) is 0 Å². The first-order valence-corrected chi connectivity index (χ1v) is 16.9. The Morgan fingerprint density at radius 2 is 0.936 bits per heavy atom. The van der Waals surface area contributed by atoms with Gasteiger partial charge in [0, 0.05) is 52.8 Å². The average Bonchev–Trinajstić information content (AvgIpc) is 3.76. The number of thiophene rings is 1. The van der Waals surface area contributed by atoms with E-state index in [4.69, 9.17) is 0 Å². The molecule has 218 valence electrons. The smallest absolute Gasteiger partial charge is 0.0562 e. The van der Waals surface area contributed by atoms with Crippen LogP contribution in [0, 0.1) is 0 Å². The monoisotopic (exact) mass is 614 g/mol. The summed E-state index contributed by atoms with van der Waals surface area (Å²) in [6.45, 7) is 0. The zero-order valence-corrected chi connectivity index (χ0v) is 26.1. The Balaban J connectivity index is 1.34. The minimum absolute atomic E-state index is 1.17. The van der Waals surface area contributed by atoms with Crippen molar-refractivity contribution >= 4 is 96.7 Å².